The van der Waals surface area contributed by atoms with Gasteiger partial charge in [0.1, 0.15) is 12.2 Å². The van der Waals surface area contributed by atoms with Gasteiger partial charge < -0.3 is 15.3 Å². The van der Waals surface area contributed by atoms with Crippen molar-refractivity contribution in [2.45, 2.75) is 13.3 Å². The predicted octanol–water partition coefficient (Wildman–Crippen LogP) is -0.291. The van der Waals surface area contributed by atoms with Crippen LogP contribution in [0, 0.1) is 11.8 Å². The van der Waals surface area contributed by atoms with E-state index in [0.29, 0.717) is 25.3 Å². The second-order valence-corrected chi connectivity index (χ2v) is 4.74. The minimum Gasteiger partial charge on any atom is -0.481 e. The molecule has 0 bridgehead atoms. The Morgan fingerprint density at radius 1 is 1.58 bits per heavy atom. The van der Waals surface area contributed by atoms with Crippen molar-refractivity contribution in [3.63, 3.8) is 0 Å². The Morgan fingerprint density at radius 2 is 2.37 bits per heavy atom. The molecule has 0 saturated carbocycles. The van der Waals surface area contributed by atoms with Crippen LogP contribution in [0.1, 0.15) is 12.7 Å². The number of H-pyrrole nitrogens is 1. The third-order valence-electron chi connectivity index (χ3n) is 3.32. The molecule has 19 heavy (non-hydrogen) atoms. The molecule has 1 saturated heterocycles. The number of aliphatic carboxylic acids is 1. The number of aromatic amines is 1. The monoisotopic (exact) mass is 267 g/mol. The number of carboxylic acids is 1. The Balaban J connectivity index is 1.76. The summed E-state index contributed by atoms with van der Waals surface area (Å²) in [5, 5.41) is 18.2. The van der Waals surface area contributed by atoms with E-state index in [9.17, 15) is 9.59 Å². The minimum atomic E-state index is -0.843. The third kappa shape index (κ3) is 3.21. The lowest BCUT2D eigenvalue weighted by atomic mass is 9.99. The number of rotatable bonds is 4. The van der Waals surface area contributed by atoms with Crippen molar-refractivity contribution < 1.29 is 14.7 Å². The van der Waals surface area contributed by atoms with Crippen molar-refractivity contribution in [3.05, 3.63) is 12.2 Å². The second-order valence-electron chi connectivity index (χ2n) is 4.74. The van der Waals surface area contributed by atoms with E-state index in [4.69, 9.17) is 5.11 Å². The fraction of sp³-hybridized carbons (Fsp3) is 0.636. The van der Waals surface area contributed by atoms with Crippen LogP contribution in [-0.4, -0.2) is 56.8 Å². The highest BCUT2D eigenvalue weighted by Gasteiger charge is 2.36. The molecule has 0 radical (unpaired) electrons. The first kappa shape index (κ1) is 13.3. The zero-order valence-corrected chi connectivity index (χ0v) is 10.7. The van der Waals surface area contributed by atoms with Gasteiger partial charge in [-0.05, 0) is 5.92 Å². The van der Waals surface area contributed by atoms with Crippen LogP contribution in [0.25, 0.3) is 0 Å². The maximum Gasteiger partial charge on any atom is 0.317 e. The fourth-order valence-electron chi connectivity index (χ4n) is 2.20. The summed E-state index contributed by atoms with van der Waals surface area (Å²) in [7, 11) is 0. The van der Waals surface area contributed by atoms with Gasteiger partial charge in [-0.2, -0.15) is 5.10 Å². The Bertz CT molecular complexity index is 447. The molecular formula is C11H17N5O3. The Kier molecular flexibility index (Phi) is 3.98. The summed E-state index contributed by atoms with van der Waals surface area (Å²) < 4.78 is 0. The van der Waals surface area contributed by atoms with E-state index < -0.39 is 11.9 Å². The highest BCUT2D eigenvalue weighted by Crippen LogP contribution is 2.22. The summed E-state index contributed by atoms with van der Waals surface area (Å²) in [5.74, 6) is -0.625. The number of hydrogen-bond donors (Lipinski definition) is 3. The molecule has 8 heteroatoms. The van der Waals surface area contributed by atoms with E-state index in [0.717, 1.165) is 0 Å². The van der Waals surface area contributed by atoms with Crippen LogP contribution in [0.15, 0.2) is 6.33 Å². The van der Waals surface area contributed by atoms with Crippen LogP contribution < -0.4 is 5.32 Å². The molecule has 1 aromatic rings. The minimum absolute atomic E-state index is 0.0162. The summed E-state index contributed by atoms with van der Waals surface area (Å²) in [6.07, 6.45) is 1.98. The summed E-state index contributed by atoms with van der Waals surface area (Å²) >= 11 is 0. The molecule has 3 N–H and O–H groups in total. The summed E-state index contributed by atoms with van der Waals surface area (Å²) in [6.45, 7) is 3.03. The van der Waals surface area contributed by atoms with E-state index in [2.05, 4.69) is 20.5 Å². The van der Waals surface area contributed by atoms with Crippen molar-refractivity contribution in [1.29, 1.82) is 0 Å². The van der Waals surface area contributed by atoms with Crippen molar-refractivity contribution in [1.82, 2.24) is 25.4 Å². The summed E-state index contributed by atoms with van der Waals surface area (Å²) in [4.78, 5) is 28.3. The molecule has 1 aromatic heterocycles. The lowest BCUT2D eigenvalue weighted by molar-refractivity contribution is -0.142. The molecule has 2 heterocycles. The molecule has 1 aliphatic heterocycles. The third-order valence-corrected chi connectivity index (χ3v) is 3.32. The van der Waals surface area contributed by atoms with E-state index in [1.54, 1.807) is 4.90 Å². The first-order valence-corrected chi connectivity index (χ1v) is 6.17. The van der Waals surface area contributed by atoms with Crippen LogP contribution in [0.5, 0.6) is 0 Å². The first-order valence-electron chi connectivity index (χ1n) is 6.17. The van der Waals surface area contributed by atoms with Gasteiger partial charge in [0.25, 0.3) is 0 Å². The normalized spacial score (nSPS) is 22.5. The van der Waals surface area contributed by atoms with Gasteiger partial charge in [-0.3, -0.25) is 9.89 Å². The molecule has 8 nitrogen and oxygen atoms in total. The van der Waals surface area contributed by atoms with Gasteiger partial charge in [0.05, 0.1) is 5.92 Å². The molecule has 1 aliphatic rings. The molecule has 2 rings (SSSR count). The quantitative estimate of drug-likeness (QED) is 0.694. The number of hydrogen-bond acceptors (Lipinski definition) is 4. The molecule has 0 spiro atoms. The number of urea groups is 1. The van der Waals surface area contributed by atoms with Gasteiger partial charge in [-0.15, -0.1) is 0 Å². The number of amides is 2. The average Bonchev–Trinajstić information content (AvgIpc) is 2.98. The van der Waals surface area contributed by atoms with Gasteiger partial charge in [0.15, 0.2) is 0 Å². The maximum atomic E-state index is 11.9. The molecular weight excluding hydrogens is 250 g/mol. The van der Waals surface area contributed by atoms with E-state index >= 15 is 0 Å². The number of carboxylic acid groups (broad SMARTS) is 1. The van der Waals surface area contributed by atoms with Crippen LogP contribution >= 0.6 is 0 Å². The number of carbonyl (C=O) groups is 2. The van der Waals surface area contributed by atoms with Crippen molar-refractivity contribution in [3.8, 4) is 0 Å². The van der Waals surface area contributed by atoms with E-state index in [1.165, 1.54) is 6.33 Å². The van der Waals surface area contributed by atoms with Crippen LogP contribution in [0.4, 0.5) is 4.79 Å². The number of nitrogens with zero attached hydrogens (tertiary/aromatic N) is 3. The lowest BCUT2D eigenvalue weighted by Gasteiger charge is -2.16. The maximum absolute atomic E-state index is 11.9. The lowest BCUT2D eigenvalue weighted by Crippen LogP contribution is -2.39. The Labute approximate surface area is 110 Å². The molecule has 2 amide bonds. The number of likely N-dealkylation sites (tertiary alicyclic amines) is 1. The van der Waals surface area contributed by atoms with Gasteiger partial charge in [-0.25, -0.2) is 9.78 Å². The molecule has 0 aromatic carbocycles. The van der Waals surface area contributed by atoms with Crippen LogP contribution in [0.3, 0.4) is 0 Å². The predicted molar refractivity (Wildman–Crippen MR) is 65.3 cm³/mol. The molecule has 1 fully saturated rings. The Hall–Kier alpha value is -2.12. The zero-order valence-electron chi connectivity index (χ0n) is 10.7. The first-order chi connectivity index (χ1) is 9.08. The molecule has 104 valence electrons. The standard InChI is InChI=1S/C11H17N5O3/c1-7-4-16(5-8(7)10(17)18)11(19)12-3-2-9-13-6-14-15-9/h6-8H,2-5H2,1H3,(H,12,19)(H,17,18)(H,13,14,15). The van der Waals surface area contributed by atoms with Gasteiger partial charge in [0, 0.05) is 26.1 Å². The molecule has 2 unspecified atom stereocenters. The highest BCUT2D eigenvalue weighted by atomic mass is 16.4. The van der Waals surface area contributed by atoms with E-state index in [-0.39, 0.29) is 18.5 Å². The topological polar surface area (TPSA) is 111 Å². The van der Waals surface area contributed by atoms with Gasteiger partial charge in [-0.1, -0.05) is 6.92 Å². The number of carbonyl (C=O) groups excluding carboxylic acids is 1. The number of aromatic nitrogens is 3. The molecule has 2 atom stereocenters. The SMILES string of the molecule is CC1CN(C(=O)NCCc2ncn[nH]2)CC1C(=O)O. The highest BCUT2D eigenvalue weighted by molar-refractivity contribution is 5.77. The van der Waals surface area contributed by atoms with Crippen molar-refractivity contribution in [2.75, 3.05) is 19.6 Å². The van der Waals surface area contributed by atoms with Crippen LogP contribution in [-0.2, 0) is 11.2 Å². The zero-order chi connectivity index (χ0) is 13.8. The van der Waals surface area contributed by atoms with Crippen molar-refractivity contribution in [2.24, 2.45) is 11.8 Å². The van der Waals surface area contributed by atoms with Gasteiger partial charge >= 0.3 is 12.0 Å². The summed E-state index contributed by atoms with van der Waals surface area (Å²) in [5.41, 5.74) is 0. The Morgan fingerprint density at radius 3 is 2.95 bits per heavy atom. The fourth-order valence-corrected chi connectivity index (χ4v) is 2.20. The molecule has 0 aliphatic carbocycles. The van der Waals surface area contributed by atoms with Gasteiger partial charge in [0.2, 0.25) is 0 Å². The average molecular weight is 267 g/mol. The largest absolute Gasteiger partial charge is 0.481 e. The summed E-state index contributed by atoms with van der Waals surface area (Å²) in [6, 6.07) is -0.227. The smallest absolute Gasteiger partial charge is 0.317 e. The second kappa shape index (κ2) is 5.68. The van der Waals surface area contributed by atoms with Crippen LogP contribution in [0.2, 0.25) is 0 Å². The van der Waals surface area contributed by atoms with Crippen molar-refractivity contribution >= 4 is 12.0 Å². The van der Waals surface area contributed by atoms with E-state index in [1.807, 2.05) is 6.92 Å². The number of nitrogens with one attached hydrogen (secondary N) is 2.